The van der Waals surface area contributed by atoms with Crippen molar-refractivity contribution >= 4 is 45.9 Å². The molecule has 0 saturated heterocycles. The quantitative estimate of drug-likeness (QED) is 0.610. The van der Waals surface area contributed by atoms with Gasteiger partial charge in [0.05, 0.1) is 11.4 Å². The van der Waals surface area contributed by atoms with E-state index < -0.39 is 0 Å². The van der Waals surface area contributed by atoms with Gasteiger partial charge in [0.25, 0.3) is 0 Å². The number of halogens is 2. The minimum absolute atomic E-state index is 0. The smallest absolute Gasteiger partial charge is 0.145 e. The van der Waals surface area contributed by atoms with Crippen molar-refractivity contribution in [2.24, 2.45) is 0 Å². The molecule has 0 aliphatic rings. The molecule has 2 nitrogen and oxygen atoms in total. The van der Waals surface area contributed by atoms with E-state index in [0.717, 1.165) is 27.6 Å². The van der Waals surface area contributed by atoms with Gasteiger partial charge in [-0.05, 0) is 18.2 Å². The standard InChI is InChI=1S/C12H8ClNO.ClH/c13-6-9-5-8-7-14-11-4-2-1-3-10(11)12(8)15-9;/h1-5,7H,6H2;1H. The van der Waals surface area contributed by atoms with Crippen molar-refractivity contribution in [3.8, 4) is 0 Å². The van der Waals surface area contributed by atoms with E-state index in [-0.39, 0.29) is 12.4 Å². The number of pyridine rings is 1. The molecule has 0 aliphatic heterocycles. The molecule has 0 bridgehead atoms. The molecule has 0 amide bonds. The van der Waals surface area contributed by atoms with Crippen LogP contribution in [0.25, 0.3) is 21.9 Å². The molecule has 3 rings (SSSR count). The lowest BCUT2D eigenvalue weighted by atomic mass is 10.2. The van der Waals surface area contributed by atoms with Gasteiger partial charge in [0, 0.05) is 17.0 Å². The summed E-state index contributed by atoms with van der Waals surface area (Å²) in [6, 6.07) is 9.85. The van der Waals surface area contributed by atoms with Crippen LogP contribution >= 0.6 is 24.0 Å². The molecule has 0 unspecified atom stereocenters. The van der Waals surface area contributed by atoms with Crippen molar-refractivity contribution < 1.29 is 4.42 Å². The fourth-order valence-corrected chi connectivity index (χ4v) is 1.88. The van der Waals surface area contributed by atoms with Crippen LogP contribution < -0.4 is 0 Å². The minimum atomic E-state index is 0. The molecule has 16 heavy (non-hydrogen) atoms. The lowest BCUT2D eigenvalue weighted by Crippen LogP contribution is -1.77. The number of alkyl halides is 1. The first kappa shape index (κ1) is 11.2. The number of hydrogen-bond donors (Lipinski definition) is 0. The summed E-state index contributed by atoms with van der Waals surface area (Å²) in [7, 11) is 0. The van der Waals surface area contributed by atoms with Crippen LogP contribution in [0.15, 0.2) is 40.9 Å². The van der Waals surface area contributed by atoms with Crippen LogP contribution in [-0.2, 0) is 5.88 Å². The maximum atomic E-state index is 5.74. The summed E-state index contributed by atoms with van der Waals surface area (Å²) < 4.78 is 5.66. The Balaban J connectivity index is 0.000000963. The van der Waals surface area contributed by atoms with Crippen LogP contribution in [-0.4, -0.2) is 4.98 Å². The number of benzene rings is 1. The average molecular weight is 254 g/mol. The van der Waals surface area contributed by atoms with Crippen LogP contribution in [0.3, 0.4) is 0 Å². The number of hydrogen-bond acceptors (Lipinski definition) is 2. The van der Waals surface area contributed by atoms with Gasteiger partial charge in [0.15, 0.2) is 0 Å². The second-order valence-corrected chi connectivity index (χ2v) is 3.67. The molecule has 0 aliphatic carbocycles. The Bertz CT molecular complexity index is 633. The van der Waals surface area contributed by atoms with E-state index in [1.54, 1.807) is 0 Å². The van der Waals surface area contributed by atoms with E-state index in [1.165, 1.54) is 0 Å². The van der Waals surface area contributed by atoms with Gasteiger partial charge in [-0.1, -0.05) is 12.1 Å². The number of nitrogens with zero attached hydrogens (tertiary/aromatic N) is 1. The third-order valence-corrected chi connectivity index (χ3v) is 2.70. The minimum Gasteiger partial charge on any atom is -0.459 e. The van der Waals surface area contributed by atoms with E-state index in [9.17, 15) is 0 Å². The Hall–Kier alpha value is -1.25. The number of furan rings is 1. The van der Waals surface area contributed by atoms with Crippen molar-refractivity contribution in [1.82, 2.24) is 4.98 Å². The Kier molecular flexibility index (Phi) is 3.03. The molecule has 1 aromatic carbocycles. The van der Waals surface area contributed by atoms with Crippen LogP contribution in [0.1, 0.15) is 5.76 Å². The van der Waals surface area contributed by atoms with Gasteiger partial charge in [-0.25, -0.2) is 0 Å². The molecule has 0 N–H and O–H groups in total. The number of rotatable bonds is 1. The molecule has 2 heterocycles. The van der Waals surface area contributed by atoms with Crippen molar-refractivity contribution in [2.45, 2.75) is 5.88 Å². The molecule has 2 aromatic heterocycles. The van der Waals surface area contributed by atoms with Crippen molar-refractivity contribution in [2.75, 3.05) is 0 Å². The summed E-state index contributed by atoms with van der Waals surface area (Å²) in [6.45, 7) is 0. The summed E-state index contributed by atoms with van der Waals surface area (Å²) in [5.74, 6) is 1.17. The predicted molar refractivity (Wildman–Crippen MR) is 68.3 cm³/mol. The van der Waals surface area contributed by atoms with E-state index in [1.807, 2.05) is 36.5 Å². The van der Waals surface area contributed by atoms with Gasteiger partial charge < -0.3 is 4.42 Å². The zero-order valence-electron chi connectivity index (χ0n) is 8.31. The Labute approximate surface area is 104 Å². The summed E-state index contributed by atoms with van der Waals surface area (Å²) >= 11 is 5.74. The lowest BCUT2D eigenvalue weighted by Gasteiger charge is -1.95. The van der Waals surface area contributed by atoms with Crippen molar-refractivity contribution in [3.63, 3.8) is 0 Å². The van der Waals surface area contributed by atoms with Crippen molar-refractivity contribution in [1.29, 1.82) is 0 Å². The second-order valence-electron chi connectivity index (χ2n) is 3.41. The first-order valence-electron chi connectivity index (χ1n) is 4.70. The molecule has 0 saturated carbocycles. The zero-order chi connectivity index (χ0) is 10.3. The van der Waals surface area contributed by atoms with Gasteiger partial charge in [0.2, 0.25) is 0 Å². The molecular formula is C12H9Cl2NO. The fourth-order valence-electron chi connectivity index (χ4n) is 1.75. The first-order valence-corrected chi connectivity index (χ1v) is 5.24. The topological polar surface area (TPSA) is 26.0 Å². The SMILES string of the molecule is Cl.ClCc1cc2cnc3ccccc3c2o1. The van der Waals surface area contributed by atoms with Gasteiger partial charge in [0.1, 0.15) is 11.3 Å². The highest BCUT2D eigenvalue weighted by molar-refractivity contribution is 6.17. The number of para-hydroxylation sites is 1. The van der Waals surface area contributed by atoms with Gasteiger partial charge in [-0.2, -0.15) is 0 Å². The number of aromatic nitrogens is 1. The van der Waals surface area contributed by atoms with Crippen LogP contribution in [0.5, 0.6) is 0 Å². The largest absolute Gasteiger partial charge is 0.459 e. The van der Waals surface area contributed by atoms with E-state index in [4.69, 9.17) is 16.0 Å². The zero-order valence-corrected chi connectivity index (χ0v) is 9.89. The molecular weight excluding hydrogens is 245 g/mol. The van der Waals surface area contributed by atoms with E-state index in [0.29, 0.717) is 5.88 Å². The molecule has 4 heteroatoms. The van der Waals surface area contributed by atoms with Gasteiger partial charge >= 0.3 is 0 Å². The maximum Gasteiger partial charge on any atom is 0.145 e. The third-order valence-electron chi connectivity index (χ3n) is 2.43. The highest BCUT2D eigenvalue weighted by Gasteiger charge is 2.06. The average Bonchev–Trinajstić information content (AvgIpc) is 2.72. The first-order chi connectivity index (χ1) is 7.38. The Morgan fingerprint density at radius 2 is 2.06 bits per heavy atom. The fraction of sp³-hybridized carbons (Fsp3) is 0.0833. The Morgan fingerprint density at radius 1 is 1.25 bits per heavy atom. The maximum absolute atomic E-state index is 5.74. The Morgan fingerprint density at radius 3 is 2.88 bits per heavy atom. The highest BCUT2D eigenvalue weighted by Crippen LogP contribution is 2.26. The van der Waals surface area contributed by atoms with Crippen molar-refractivity contribution in [3.05, 3.63) is 42.3 Å². The molecule has 0 radical (unpaired) electrons. The third kappa shape index (κ3) is 1.64. The molecule has 0 atom stereocenters. The van der Waals surface area contributed by atoms with Crippen LogP contribution in [0, 0.1) is 0 Å². The van der Waals surface area contributed by atoms with E-state index >= 15 is 0 Å². The summed E-state index contributed by atoms with van der Waals surface area (Å²) in [5, 5.41) is 2.04. The van der Waals surface area contributed by atoms with Gasteiger partial charge in [-0.15, -0.1) is 24.0 Å². The molecule has 0 spiro atoms. The normalized spacial score (nSPS) is 10.6. The molecule has 0 fully saturated rings. The summed E-state index contributed by atoms with van der Waals surface area (Å²) in [4.78, 5) is 4.35. The van der Waals surface area contributed by atoms with E-state index in [2.05, 4.69) is 4.98 Å². The van der Waals surface area contributed by atoms with Crippen LogP contribution in [0.2, 0.25) is 0 Å². The van der Waals surface area contributed by atoms with Crippen LogP contribution in [0.4, 0.5) is 0 Å². The van der Waals surface area contributed by atoms with Gasteiger partial charge in [-0.3, -0.25) is 4.98 Å². The highest BCUT2D eigenvalue weighted by atomic mass is 35.5. The second kappa shape index (κ2) is 4.32. The lowest BCUT2D eigenvalue weighted by molar-refractivity contribution is 0.575. The summed E-state index contributed by atoms with van der Waals surface area (Å²) in [5.41, 5.74) is 1.82. The predicted octanol–water partition coefficient (Wildman–Crippen LogP) is 4.14. The monoisotopic (exact) mass is 253 g/mol. The summed E-state index contributed by atoms with van der Waals surface area (Å²) in [6.07, 6.45) is 1.82. The molecule has 3 aromatic rings. The number of fused-ring (bicyclic) bond motifs is 3. The molecule has 82 valence electrons.